The Balaban J connectivity index is 1.97. The molecule has 2 aromatic carbocycles. The summed E-state index contributed by atoms with van der Waals surface area (Å²) < 4.78 is 6.62. The largest absolute Gasteiger partial charge is 0.506 e. The van der Waals surface area contributed by atoms with Gasteiger partial charge in [-0.25, -0.2) is 0 Å². The Morgan fingerprint density at radius 2 is 1.86 bits per heavy atom. The Morgan fingerprint density at radius 1 is 1.21 bits per heavy atom. The minimum atomic E-state index is -0.503. The molecule has 6 nitrogen and oxygen atoms in total. The summed E-state index contributed by atoms with van der Waals surface area (Å²) in [4.78, 5) is 0. The first kappa shape index (κ1) is 18.6. The number of benzene rings is 2. The Morgan fingerprint density at radius 3 is 2.46 bits per heavy atom. The Labute approximate surface area is 177 Å². The van der Waals surface area contributed by atoms with Crippen LogP contribution in [0, 0.1) is 18.3 Å². The third-order valence-electron chi connectivity index (χ3n) is 4.65. The summed E-state index contributed by atoms with van der Waals surface area (Å²) in [6.07, 6.45) is 0. The summed E-state index contributed by atoms with van der Waals surface area (Å²) >= 11 is 6.72. The molecule has 0 amide bonds. The lowest BCUT2D eigenvalue weighted by atomic mass is 9.83. The van der Waals surface area contributed by atoms with Crippen LogP contribution < -0.4 is 10.5 Å². The summed E-state index contributed by atoms with van der Waals surface area (Å²) in [5.41, 5.74) is 10.6. The highest BCUT2D eigenvalue weighted by Crippen LogP contribution is 2.47. The van der Waals surface area contributed by atoms with E-state index >= 15 is 0 Å². The molecule has 4 N–H and O–H groups in total. The van der Waals surface area contributed by atoms with E-state index in [2.05, 4.69) is 48.1 Å². The zero-order valence-corrected chi connectivity index (χ0v) is 17.8. The summed E-state index contributed by atoms with van der Waals surface area (Å²) in [7, 11) is 0. The number of hydrogen-bond acceptors (Lipinski definition) is 5. The van der Waals surface area contributed by atoms with Crippen LogP contribution in [0.1, 0.15) is 22.6 Å². The highest BCUT2D eigenvalue weighted by atomic mass is 79.9. The van der Waals surface area contributed by atoms with Gasteiger partial charge >= 0.3 is 0 Å². The maximum Gasteiger partial charge on any atom is 0.244 e. The van der Waals surface area contributed by atoms with Crippen molar-refractivity contribution in [2.75, 3.05) is 0 Å². The van der Waals surface area contributed by atoms with E-state index in [0.29, 0.717) is 14.8 Å². The maximum atomic E-state index is 10.1. The van der Waals surface area contributed by atoms with Gasteiger partial charge in [-0.1, -0.05) is 29.8 Å². The number of allylic oxidation sites excluding steroid dienone is 1. The van der Waals surface area contributed by atoms with Crippen molar-refractivity contribution in [2.24, 2.45) is 5.73 Å². The second kappa shape index (κ2) is 7.00. The number of aryl methyl sites for hydroxylation is 1. The quantitative estimate of drug-likeness (QED) is 0.465. The molecule has 28 heavy (non-hydrogen) atoms. The van der Waals surface area contributed by atoms with Crippen LogP contribution in [0.3, 0.4) is 0 Å². The molecular formula is C20H14Br2N4O2. The number of phenols is 1. The number of nitrogens with two attached hydrogens (primary N) is 1. The minimum Gasteiger partial charge on any atom is -0.506 e. The Bertz CT molecular complexity index is 1140. The first-order valence-electron chi connectivity index (χ1n) is 8.31. The minimum absolute atomic E-state index is 0.0160. The number of halogens is 2. The van der Waals surface area contributed by atoms with Crippen LogP contribution in [-0.4, -0.2) is 15.3 Å². The summed E-state index contributed by atoms with van der Waals surface area (Å²) in [6, 6.07) is 13.7. The third-order valence-corrected chi connectivity index (χ3v) is 5.86. The molecule has 2 heterocycles. The van der Waals surface area contributed by atoms with Gasteiger partial charge in [0.2, 0.25) is 11.8 Å². The molecule has 1 unspecified atom stereocenters. The van der Waals surface area contributed by atoms with Crippen LogP contribution in [-0.2, 0) is 0 Å². The van der Waals surface area contributed by atoms with Crippen LogP contribution >= 0.6 is 31.9 Å². The predicted octanol–water partition coefficient (Wildman–Crippen LogP) is 4.83. The number of H-pyrrole nitrogens is 1. The fourth-order valence-electron chi connectivity index (χ4n) is 3.27. The molecule has 1 aromatic heterocycles. The number of hydrogen-bond donors (Lipinski definition) is 3. The van der Waals surface area contributed by atoms with Crippen molar-refractivity contribution >= 4 is 31.9 Å². The number of aromatic amines is 1. The molecule has 140 valence electrons. The average Bonchev–Trinajstić information content (AvgIpc) is 3.08. The zero-order valence-electron chi connectivity index (χ0n) is 14.6. The second-order valence-electron chi connectivity index (χ2n) is 6.44. The third kappa shape index (κ3) is 2.97. The van der Waals surface area contributed by atoms with Crippen LogP contribution in [0.2, 0.25) is 0 Å². The topological polar surface area (TPSA) is 108 Å². The second-order valence-corrected chi connectivity index (χ2v) is 8.15. The van der Waals surface area contributed by atoms with Gasteiger partial charge in [-0.2, -0.15) is 5.26 Å². The molecule has 1 aliphatic rings. The number of phenolic OH excluding ortho intramolecular Hbond substituents is 1. The smallest absolute Gasteiger partial charge is 0.244 e. The molecular weight excluding hydrogens is 488 g/mol. The molecule has 0 spiro atoms. The monoisotopic (exact) mass is 500 g/mol. The number of nitrogens with one attached hydrogen (secondary N) is 1. The van der Waals surface area contributed by atoms with Gasteiger partial charge in [0, 0.05) is 5.56 Å². The van der Waals surface area contributed by atoms with Crippen molar-refractivity contribution in [3.63, 3.8) is 0 Å². The van der Waals surface area contributed by atoms with Gasteiger partial charge in [-0.05, 0) is 56.5 Å². The van der Waals surface area contributed by atoms with Gasteiger partial charge in [0.1, 0.15) is 17.4 Å². The summed E-state index contributed by atoms with van der Waals surface area (Å²) in [5.74, 6) is -0.0749. The highest BCUT2D eigenvalue weighted by Gasteiger charge is 2.36. The maximum absolute atomic E-state index is 10.1. The van der Waals surface area contributed by atoms with Gasteiger partial charge in [0.05, 0.1) is 26.1 Å². The van der Waals surface area contributed by atoms with E-state index in [0.717, 1.165) is 27.9 Å². The molecule has 0 bridgehead atoms. The van der Waals surface area contributed by atoms with Crippen molar-refractivity contribution in [3.8, 4) is 29.0 Å². The lowest BCUT2D eigenvalue weighted by Gasteiger charge is -2.24. The van der Waals surface area contributed by atoms with Crippen molar-refractivity contribution in [1.29, 1.82) is 5.26 Å². The first-order chi connectivity index (χ1) is 13.4. The van der Waals surface area contributed by atoms with E-state index in [1.165, 1.54) is 0 Å². The lowest BCUT2D eigenvalue weighted by Crippen LogP contribution is -2.21. The van der Waals surface area contributed by atoms with Crippen LogP contribution in [0.4, 0.5) is 0 Å². The standard InChI is InChI=1S/C20H14Br2N4O2/c1-9-2-4-10(5-3-9)17-16-15(11-6-13(21)18(27)14(22)7-11)12(8-23)19(24)28-20(16)26-25-17/h2-7,15,27H,24H2,1H3,(H,25,26). The molecule has 4 rings (SSSR count). The van der Waals surface area contributed by atoms with Gasteiger partial charge in [0.15, 0.2) is 0 Å². The predicted molar refractivity (Wildman–Crippen MR) is 112 cm³/mol. The number of aromatic nitrogens is 2. The number of nitrogens with zero attached hydrogens (tertiary/aromatic N) is 2. The highest BCUT2D eigenvalue weighted by molar-refractivity contribution is 9.11. The van der Waals surface area contributed by atoms with Crippen molar-refractivity contribution in [3.05, 3.63) is 73.5 Å². The summed E-state index contributed by atoms with van der Waals surface area (Å²) in [6.45, 7) is 2.01. The van der Waals surface area contributed by atoms with E-state index < -0.39 is 5.92 Å². The van der Waals surface area contributed by atoms with Crippen molar-refractivity contribution < 1.29 is 9.84 Å². The molecule has 1 aliphatic heterocycles. The van der Waals surface area contributed by atoms with Crippen molar-refractivity contribution in [1.82, 2.24) is 10.2 Å². The van der Waals surface area contributed by atoms with Crippen LogP contribution in [0.5, 0.6) is 11.6 Å². The molecule has 3 aromatic rings. The number of nitriles is 1. The van der Waals surface area contributed by atoms with Crippen LogP contribution in [0.25, 0.3) is 11.3 Å². The molecule has 0 aliphatic carbocycles. The number of ether oxygens (including phenoxy) is 1. The lowest BCUT2D eigenvalue weighted by molar-refractivity contribution is 0.379. The van der Waals surface area contributed by atoms with Gasteiger partial charge < -0.3 is 15.6 Å². The Kier molecular flexibility index (Phi) is 4.65. The fraction of sp³-hybridized carbons (Fsp3) is 0.100. The molecule has 0 saturated heterocycles. The number of aromatic hydroxyl groups is 1. The fourth-order valence-corrected chi connectivity index (χ4v) is 4.49. The SMILES string of the molecule is Cc1ccc(-c2[nH]nc3c2C(c2cc(Br)c(O)c(Br)c2)C(C#N)=C(N)O3)cc1. The van der Waals surface area contributed by atoms with Crippen molar-refractivity contribution in [2.45, 2.75) is 12.8 Å². The van der Waals surface area contributed by atoms with Gasteiger partial charge in [0.25, 0.3) is 0 Å². The van der Waals surface area contributed by atoms with E-state index in [4.69, 9.17) is 10.5 Å². The Hall–Kier alpha value is -2.76. The van der Waals surface area contributed by atoms with E-state index in [-0.39, 0.29) is 17.2 Å². The molecule has 0 saturated carbocycles. The normalized spacial score (nSPS) is 15.7. The first-order valence-corrected chi connectivity index (χ1v) is 9.90. The molecule has 1 atom stereocenters. The number of fused-ring (bicyclic) bond motifs is 1. The summed E-state index contributed by atoms with van der Waals surface area (Å²) in [5, 5.41) is 27.1. The van der Waals surface area contributed by atoms with Crippen LogP contribution in [0.15, 0.2) is 56.8 Å². The van der Waals surface area contributed by atoms with Gasteiger partial charge in [-0.15, -0.1) is 5.10 Å². The molecule has 0 fully saturated rings. The van der Waals surface area contributed by atoms with E-state index in [9.17, 15) is 10.4 Å². The zero-order chi connectivity index (χ0) is 20.0. The van der Waals surface area contributed by atoms with E-state index in [1.54, 1.807) is 12.1 Å². The molecule has 0 radical (unpaired) electrons. The number of rotatable bonds is 2. The molecule has 8 heteroatoms. The van der Waals surface area contributed by atoms with Gasteiger partial charge in [-0.3, -0.25) is 5.10 Å². The van der Waals surface area contributed by atoms with E-state index in [1.807, 2.05) is 31.2 Å². The average molecular weight is 502 g/mol.